The van der Waals surface area contributed by atoms with Gasteiger partial charge in [-0.25, -0.2) is 0 Å². The summed E-state index contributed by atoms with van der Waals surface area (Å²) in [6.45, 7) is 6.66. The molecule has 4 heteroatoms. The number of hydrogen-bond donors (Lipinski definition) is 0. The number of fused-ring (bicyclic) bond motifs is 3. The van der Waals surface area contributed by atoms with Crippen LogP contribution in [0.4, 0.5) is 0 Å². The summed E-state index contributed by atoms with van der Waals surface area (Å²) >= 11 is 0. The number of rotatable bonds is 4. The van der Waals surface area contributed by atoms with Crippen molar-refractivity contribution in [3.63, 3.8) is 0 Å². The van der Waals surface area contributed by atoms with E-state index in [4.69, 9.17) is 4.98 Å². The molecule has 0 saturated heterocycles. The second-order valence-corrected chi connectivity index (χ2v) is 18.5. The number of aromatic nitrogens is 2. The fraction of sp³-hybridized carbons (Fsp3) is 0.0800. The van der Waals surface area contributed by atoms with Gasteiger partial charge in [-0.2, -0.15) is 0 Å². The number of pyridine rings is 2. The molecule has 9 aromatic rings. The van der Waals surface area contributed by atoms with Crippen molar-refractivity contribution in [2.75, 3.05) is 0 Å². The van der Waals surface area contributed by atoms with E-state index >= 15 is 0 Å². The average Bonchev–Trinajstić information content (AvgIpc) is 3.53. The Morgan fingerprint density at radius 3 is 1.87 bits per heavy atom. The third-order valence-electron chi connectivity index (χ3n) is 10.7. The van der Waals surface area contributed by atoms with Crippen molar-refractivity contribution in [2.45, 2.75) is 26.2 Å². The Labute approximate surface area is 332 Å². The summed E-state index contributed by atoms with van der Waals surface area (Å²) in [6.07, 6.45) is 3.79. The molecule has 2 nitrogen and oxygen atoms in total. The summed E-state index contributed by atoms with van der Waals surface area (Å²) in [7, 11) is -2.44. The first kappa shape index (κ1) is 35.5. The molecule has 0 N–H and O–H groups in total. The van der Waals surface area contributed by atoms with Gasteiger partial charge in [0.2, 0.25) is 0 Å². The summed E-state index contributed by atoms with van der Waals surface area (Å²) in [5.41, 5.74) is 6.87. The molecular weight excluding hydrogens is 849 g/mol. The largest absolute Gasteiger partial charge is 0.305 e. The SMILES string of the molecule is CC(C)(C)c1ccnc(-c2[c-]ccc(-c3ccccc3)c2)c1.[Ir].[c-]1ccc2c3c1c1ncccc1c1cccc(c13)[Si]2(c1ccccc1)c1ccccc1. The maximum atomic E-state index is 4.80. The van der Waals surface area contributed by atoms with Crippen LogP contribution in [0.15, 0.2) is 176 Å². The topological polar surface area (TPSA) is 25.8 Å². The Morgan fingerprint density at radius 2 is 1.17 bits per heavy atom. The van der Waals surface area contributed by atoms with Crippen molar-refractivity contribution < 1.29 is 20.1 Å². The first-order valence-corrected chi connectivity index (χ1v) is 20.2. The maximum Gasteiger partial charge on any atom is 0.161 e. The van der Waals surface area contributed by atoms with Crippen molar-refractivity contribution in [3.8, 4) is 22.4 Å². The van der Waals surface area contributed by atoms with Gasteiger partial charge >= 0.3 is 0 Å². The van der Waals surface area contributed by atoms with Crippen molar-refractivity contribution in [2.24, 2.45) is 0 Å². The fourth-order valence-corrected chi connectivity index (χ4v) is 13.4. The minimum Gasteiger partial charge on any atom is -0.305 e. The minimum absolute atomic E-state index is 0. The van der Waals surface area contributed by atoms with Gasteiger partial charge in [0.05, 0.1) is 0 Å². The number of nitrogens with zero attached hydrogens (tertiary/aromatic N) is 2. The predicted molar refractivity (Wildman–Crippen MR) is 225 cm³/mol. The van der Waals surface area contributed by atoms with Crippen LogP contribution in [-0.2, 0) is 25.5 Å². The van der Waals surface area contributed by atoms with E-state index in [-0.39, 0.29) is 25.5 Å². The first-order chi connectivity index (χ1) is 25.9. The van der Waals surface area contributed by atoms with Crippen molar-refractivity contribution in [1.29, 1.82) is 0 Å². The van der Waals surface area contributed by atoms with E-state index in [1.54, 1.807) is 0 Å². The Bertz CT molecular complexity index is 2630. The van der Waals surface area contributed by atoms with Gasteiger partial charge in [-0.05, 0) is 66.2 Å². The fourth-order valence-electron chi connectivity index (χ4n) is 8.22. The molecular formula is C50H38IrN2Si-2. The smallest absolute Gasteiger partial charge is 0.161 e. The van der Waals surface area contributed by atoms with Gasteiger partial charge in [-0.1, -0.05) is 153 Å². The Balaban J connectivity index is 0.000000160. The summed E-state index contributed by atoms with van der Waals surface area (Å²) < 4.78 is 0. The van der Waals surface area contributed by atoms with Crippen LogP contribution in [0.3, 0.4) is 0 Å². The molecule has 7 aromatic carbocycles. The summed E-state index contributed by atoms with van der Waals surface area (Å²) in [5, 5.41) is 12.2. The van der Waals surface area contributed by atoms with Crippen LogP contribution in [0.1, 0.15) is 26.3 Å². The van der Waals surface area contributed by atoms with Gasteiger partial charge < -0.3 is 9.97 Å². The molecule has 0 bridgehead atoms. The molecule has 0 unspecified atom stereocenters. The van der Waals surface area contributed by atoms with E-state index in [0.29, 0.717) is 0 Å². The molecule has 0 amide bonds. The molecule has 0 fully saturated rings. The molecule has 0 atom stereocenters. The van der Waals surface area contributed by atoms with Crippen LogP contribution >= 0.6 is 0 Å². The number of benzene rings is 7. The van der Waals surface area contributed by atoms with Gasteiger partial charge in [0.1, 0.15) is 0 Å². The van der Waals surface area contributed by atoms with Crippen LogP contribution in [0, 0.1) is 12.1 Å². The van der Waals surface area contributed by atoms with Gasteiger partial charge in [0, 0.05) is 32.5 Å². The molecule has 0 spiro atoms. The Kier molecular flexibility index (Phi) is 9.45. The third kappa shape index (κ3) is 5.92. The number of hydrogen-bond acceptors (Lipinski definition) is 2. The normalized spacial score (nSPS) is 12.7. The molecule has 2 aromatic heterocycles. The van der Waals surface area contributed by atoms with E-state index in [1.165, 1.54) is 59.0 Å². The van der Waals surface area contributed by atoms with Crippen LogP contribution < -0.4 is 20.7 Å². The zero-order valence-corrected chi connectivity index (χ0v) is 33.9. The maximum absolute atomic E-state index is 4.80. The van der Waals surface area contributed by atoms with Crippen molar-refractivity contribution >= 4 is 61.3 Å². The second-order valence-electron chi connectivity index (χ2n) is 14.8. The predicted octanol–water partition coefficient (Wildman–Crippen LogP) is 9.54. The molecule has 0 aliphatic carbocycles. The van der Waals surface area contributed by atoms with Crippen molar-refractivity contribution in [3.05, 3.63) is 194 Å². The summed E-state index contributed by atoms with van der Waals surface area (Å²) in [6, 6.07) is 65.5. The second kappa shape index (κ2) is 14.4. The van der Waals surface area contributed by atoms with E-state index in [1.807, 2.05) is 30.6 Å². The van der Waals surface area contributed by atoms with Gasteiger partial charge in [-0.3, -0.25) is 0 Å². The van der Waals surface area contributed by atoms with E-state index < -0.39 is 8.07 Å². The van der Waals surface area contributed by atoms with Crippen LogP contribution in [0.2, 0.25) is 0 Å². The zero-order valence-electron chi connectivity index (χ0n) is 30.5. The zero-order chi connectivity index (χ0) is 36.0. The van der Waals surface area contributed by atoms with Gasteiger partial charge in [-0.15, -0.1) is 64.2 Å². The van der Waals surface area contributed by atoms with Gasteiger partial charge in [0.15, 0.2) is 8.07 Å². The monoisotopic (exact) mass is 887 g/mol. The van der Waals surface area contributed by atoms with E-state index in [0.717, 1.165) is 22.2 Å². The first-order valence-electron chi connectivity index (χ1n) is 18.2. The quantitative estimate of drug-likeness (QED) is 0.100. The molecule has 3 heterocycles. The van der Waals surface area contributed by atoms with E-state index in [2.05, 4.69) is 183 Å². The summed E-state index contributed by atoms with van der Waals surface area (Å²) in [5.74, 6) is 0. The Hall–Kier alpha value is -5.51. The van der Waals surface area contributed by atoms with Crippen molar-refractivity contribution in [1.82, 2.24) is 9.97 Å². The molecule has 1 radical (unpaired) electrons. The van der Waals surface area contributed by atoms with Crippen LogP contribution in [-0.4, -0.2) is 18.0 Å². The summed E-state index contributed by atoms with van der Waals surface area (Å²) in [4.78, 5) is 9.33. The average molecular weight is 887 g/mol. The minimum atomic E-state index is -2.44. The van der Waals surface area contributed by atoms with Gasteiger partial charge in [0.25, 0.3) is 0 Å². The molecule has 10 rings (SSSR count). The molecule has 54 heavy (non-hydrogen) atoms. The standard InChI is InChI=1S/C29H18NSi.C21H20N.Ir/c1-3-10-20(11-4-1)31(21-12-5-2-6-13-21)25-17-7-14-22-23-16-9-19-30-29(23)24-15-8-18-26(31)28(24)27(22)25;1-21(2,3)19-12-13-22-20(15-19)18-11-7-10-17(14-18)16-8-5-4-6-9-16;/h1-14,16-19H;4-10,12-15H,1-3H3;/q2*-1;. The third-order valence-corrected chi connectivity index (χ3v) is 15.5. The van der Waals surface area contributed by atoms with Crippen LogP contribution in [0.5, 0.6) is 0 Å². The Morgan fingerprint density at radius 1 is 0.519 bits per heavy atom. The molecule has 0 saturated carbocycles. The van der Waals surface area contributed by atoms with E-state index in [9.17, 15) is 0 Å². The molecule has 1 aliphatic rings. The molecule has 263 valence electrons. The van der Waals surface area contributed by atoms with Crippen LogP contribution in [0.25, 0.3) is 54.8 Å². The molecule has 1 aliphatic heterocycles.